The fourth-order valence-corrected chi connectivity index (χ4v) is 3.17. The maximum absolute atomic E-state index is 5.56. The SMILES string of the molecule is Cc1ccc(N2CCN(C(=S)Nc3cc(C)cc(C)n3)CC2)nc1. The number of anilines is 2. The lowest BCUT2D eigenvalue weighted by Gasteiger charge is -2.36. The van der Waals surface area contributed by atoms with Gasteiger partial charge in [0, 0.05) is 38.1 Å². The van der Waals surface area contributed by atoms with Crippen molar-refractivity contribution < 1.29 is 0 Å². The topological polar surface area (TPSA) is 44.3 Å². The van der Waals surface area contributed by atoms with Gasteiger partial charge in [-0.25, -0.2) is 9.97 Å². The summed E-state index contributed by atoms with van der Waals surface area (Å²) in [5, 5.41) is 4.01. The predicted molar refractivity (Wildman–Crippen MR) is 103 cm³/mol. The molecule has 0 amide bonds. The van der Waals surface area contributed by atoms with Gasteiger partial charge in [0.2, 0.25) is 0 Å². The van der Waals surface area contributed by atoms with Crippen LogP contribution in [0.15, 0.2) is 30.5 Å². The van der Waals surface area contributed by atoms with E-state index in [1.54, 1.807) is 0 Å². The molecule has 2 aromatic heterocycles. The van der Waals surface area contributed by atoms with E-state index in [0.717, 1.165) is 48.6 Å². The Kier molecular flexibility index (Phi) is 4.94. The highest BCUT2D eigenvalue weighted by Gasteiger charge is 2.20. The molecule has 1 fully saturated rings. The van der Waals surface area contributed by atoms with Crippen LogP contribution < -0.4 is 10.2 Å². The van der Waals surface area contributed by atoms with Crippen molar-refractivity contribution in [3.63, 3.8) is 0 Å². The van der Waals surface area contributed by atoms with Crippen LogP contribution in [0.2, 0.25) is 0 Å². The van der Waals surface area contributed by atoms with Crippen molar-refractivity contribution in [1.29, 1.82) is 0 Å². The molecule has 0 radical (unpaired) electrons. The molecule has 0 saturated carbocycles. The highest BCUT2D eigenvalue weighted by molar-refractivity contribution is 7.80. The summed E-state index contributed by atoms with van der Waals surface area (Å²) in [5.41, 5.74) is 3.36. The van der Waals surface area contributed by atoms with Gasteiger partial charge in [0.05, 0.1) is 0 Å². The quantitative estimate of drug-likeness (QED) is 0.848. The summed E-state index contributed by atoms with van der Waals surface area (Å²) < 4.78 is 0. The molecule has 0 aliphatic carbocycles. The second kappa shape index (κ2) is 7.13. The van der Waals surface area contributed by atoms with E-state index < -0.39 is 0 Å². The summed E-state index contributed by atoms with van der Waals surface area (Å²) >= 11 is 5.56. The van der Waals surface area contributed by atoms with Crippen LogP contribution >= 0.6 is 12.2 Å². The lowest BCUT2D eigenvalue weighted by atomic mass is 10.2. The van der Waals surface area contributed by atoms with E-state index in [0.29, 0.717) is 0 Å². The Labute approximate surface area is 148 Å². The molecule has 24 heavy (non-hydrogen) atoms. The van der Waals surface area contributed by atoms with Crippen molar-refractivity contribution in [3.05, 3.63) is 47.3 Å². The third-order valence-electron chi connectivity index (χ3n) is 4.12. The van der Waals surface area contributed by atoms with Gasteiger partial charge in [-0.05, 0) is 62.3 Å². The number of piperazine rings is 1. The molecule has 1 saturated heterocycles. The maximum Gasteiger partial charge on any atom is 0.174 e. The number of rotatable bonds is 2. The second-order valence-electron chi connectivity index (χ2n) is 6.27. The molecule has 2 aromatic rings. The average Bonchev–Trinajstić information content (AvgIpc) is 2.55. The summed E-state index contributed by atoms with van der Waals surface area (Å²) in [7, 11) is 0. The Bertz CT molecular complexity index is 700. The van der Waals surface area contributed by atoms with Gasteiger partial charge in [0.1, 0.15) is 11.6 Å². The van der Waals surface area contributed by atoms with Crippen LogP contribution in [0, 0.1) is 20.8 Å². The summed E-state index contributed by atoms with van der Waals surface area (Å²) in [6.07, 6.45) is 1.92. The van der Waals surface area contributed by atoms with E-state index in [1.807, 2.05) is 19.2 Å². The summed E-state index contributed by atoms with van der Waals surface area (Å²) in [4.78, 5) is 13.5. The lowest BCUT2D eigenvalue weighted by molar-refractivity contribution is 0.389. The molecule has 0 bridgehead atoms. The first-order valence-electron chi connectivity index (χ1n) is 8.20. The largest absolute Gasteiger partial charge is 0.353 e. The van der Waals surface area contributed by atoms with Crippen molar-refractivity contribution in [2.45, 2.75) is 20.8 Å². The van der Waals surface area contributed by atoms with Gasteiger partial charge in [-0.3, -0.25) is 0 Å². The minimum Gasteiger partial charge on any atom is -0.353 e. The molecule has 0 atom stereocenters. The van der Waals surface area contributed by atoms with Crippen molar-refractivity contribution in [2.24, 2.45) is 0 Å². The fourth-order valence-electron chi connectivity index (χ4n) is 2.88. The molecule has 6 heteroatoms. The highest BCUT2D eigenvalue weighted by atomic mass is 32.1. The third-order valence-corrected chi connectivity index (χ3v) is 4.48. The molecule has 3 rings (SSSR count). The zero-order valence-corrected chi connectivity index (χ0v) is 15.2. The van der Waals surface area contributed by atoms with Crippen LogP contribution in [-0.2, 0) is 0 Å². The zero-order chi connectivity index (χ0) is 17.1. The molecular formula is C18H23N5S. The number of aromatic nitrogens is 2. The molecule has 3 heterocycles. The Morgan fingerprint density at radius 2 is 1.79 bits per heavy atom. The first-order valence-corrected chi connectivity index (χ1v) is 8.61. The molecule has 1 N–H and O–H groups in total. The summed E-state index contributed by atoms with van der Waals surface area (Å²) in [6, 6.07) is 8.26. The van der Waals surface area contributed by atoms with Crippen LogP contribution in [0.1, 0.15) is 16.8 Å². The number of nitrogens with one attached hydrogen (secondary N) is 1. The normalized spacial score (nSPS) is 14.6. The third kappa shape index (κ3) is 4.00. The van der Waals surface area contributed by atoms with Crippen molar-refractivity contribution >= 4 is 29.0 Å². The van der Waals surface area contributed by atoms with E-state index in [9.17, 15) is 0 Å². The molecule has 5 nitrogen and oxygen atoms in total. The molecule has 126 valence electrons. The van der Waals surface area contributed by atoms with Crippen molar-refractivity contribution in [1.82, 2.24) is 14.9 Å². The van der Waals surface area contributed by atoms with Crippen LogP contribution in [0.4, 0.5) is 11.6 Å². The lowest BCUT2D eigenvalue weighted by Crippen LogP contribution is -2.50. The van der Waals surface area contributed by atoms with Crippen LogP contribution in [-0.4, -0.2) is 46.2 Å². The van der Waals surface area contributed by atoms with E-state index in [-0.39, 0.29) is 0 Å². The van der Waals surface area contributed by atoms with E-state index in [4.69, 9.17) is 12.2 Å². The predicted octanol–water partition coefficient (Wildman–Crippen LogP) is 2.92. The van der Waals surface area contributed by atoms with Crippen LogP contribution in [0.25, 0.3) is 0 Å². The minimum absolute atomic E-state index is 0.740. The number of thiocarbonyl (C=S) groups is 1. The Morgan fingerprint density at radius 1 is 1.04 bits per heavy atom. The fraction of sp³-hybridized carbons (Fsp3) is 0.389. The van der Waals surface area contributed by atoms with Crippen molar-refractivity contribution in [3.8, 4) is 0 Å². The number of aryl methyl sites for hydroxylation is 3. The Balaban J connectivity index is 1.57. The first-order chi connectivity index (χ1) is 11.5. The van der Waals surface area contributed by atoms with Gasteiger partial charge in [-0.1, -0.05) is 6.07 Å². The number of nitrogens with zero attached hydrogens (tertiary/aromatic N) is 4. The maximum atomic E-state index is 5.56. The van der Waals surface area contributed by atoms with Crippen LogP contribution in [0.3, 0.4) is 0 Å². The monoisotopic (exact) mass is 341 g/mol. The molecular weight excluding hydrogens is 318 g/mol. The number of hydrogen-bond acceptors (Lipinski definition) is 4. The van der Waals surface area contributed by atoms with Gasteiger partial charge in [0.15, 0.2) is 5.11 Å². The number of pyridine rings is 2. The molecule has 1 aliphatic rings. The summed E-state index contributed by atoms with van der Waals surface area (Å²) in [6.45, 7) is 9.71. The van der Waals surface area contributed by atoms with Crippen LogP contribution in [0.5, 0.6) is 0 Å². The minimum atomic E-state index is 0.740. The van der Waals surface area contributed by atoms with Crippen molar-refractivity contribution in [2.75, 3.05) is 36.4 Å². The highest BCUT2D eigenvalue weighted by Crippen LogP contribution is 2.15. The number of hydrogen-bond donors (Lipinski definition) is 1. The van der Waals surface area contributed by atoms with Gasteiger partial charge in [0.25, 0.3) is 0 Å². The average molecular weight is 341 g/mol. The second-order valence-corrected chi connectivity index (χ2v) is 6.66. The van der Waals surface area contributed by atoms with Gasteiger partial charge < -0.3 is 15.1 Å². The smallest absolute Gasteiger partial charge is 0.174 e. The van der Waals surface area contributed by atoms with Gasteiger partial charge in [-0.2, -0.15) is 0 Å². The standard InChI is InChI=1S/C18H23N5S/c1-13-4-5-17(19-12-13)22-6-8-23(9-7-22)18(24)21-16-11-14(2)10-15(3)20-16/h4-5,10-12H,6-9H2,1-3H3,(H,20,21,24). The Morgan fingerprint density at radius 3 is 2.42 bits per heavy atom. The molecule has 0 spiro atoms. The van der Waals surface area contributed by atoms with E-state index >= 15 is 0 Å². The van der Waals surface area contributed by atoms with Gasteiger partial charge >= 0.3 is 0 Å². The summed E-state index contributed by atoms with van der Waals surface area (Å²) in [5.74, 6) is 1.86. The first kappa shape index (κ1) is 16.6. The molecule has 0 unspecified atom stereocenters. The zero-order valence-electron chi connectivity index (χ0n) is 14.4. The van der Waals surface area contributed by atoms with E-state index in [1.165, 1.54) is 11.1 Å². The van der Waals surface area contributed by atoms with E-state index in [2.05, 4.69) is 57.1 Å². The van der Waals surface area contributed by atoms with Gasteiger partial charge in [-0.15, -0.1) is 0 Å². The molecule has 1 aliphatic heterocycles. The Hall–Kier alpha value is -2.21. The molecule has 0 aromatic carbocycles.